The number of nitro groups is 1. The molecule has 0 aromatic heterocycles. The van der Waals surface area contributed by atoms with E-state index in [4.69, 9.17) is 4.74 Å². The summed E-state index contributed by atoms with van der Waals surface area (Å²) in [6.45, 7) is 11.6. The van der Waals surface area contributed by atoms with Crippen LogP contribution < -0.4 is 0 Å². The summed E-state index contributed by atoms with van der Waals surface area (Å²) in [4.78, 5) is 24.3. The van der Waals surface area contributed by atoms with Crippen LogP contribution in [0.5, 0.6) is 0 Å². The van der Waals surface area contributed by atoms with E-state index in [1.165, 1.54) is 33.5 Å². The molecule has 1 saturated heterocycles. The highest BCUT2D eigenvalue weighted by Gasteiger charge is 2.43. The first-order chi connectivity index (χ1) is 13.1. The molecule has 1 heterocycles. The summed E-state index contributed by atoms with van der Waals surface area (Å²) in [5, 5.41) is 10.8. The van der Waals surface area contributed by atoms with Crippen LogP contribution in [0.2, 0.25) is 0 Å². The van der Waals surface area contributed by atoms with E-state index < -0.39 is 38.1 Å². The molecule has 162 valence electrons. The van der Waals surface area contributed by atoms with Crippen molar-refractivity contribution in [2.45, 2.75) is 58.1 Å². The Labute approximate surface area is 171 Å². The first kappa shape index (κ1) is 23.1. The minimum Gasteiger partial charge on any atom is -0.444 e. The van der Waals surface area contributed by atoms with Crippen molar-refractivity contribution in [2.24, 2.45) is 5.41 Å². The van der Waals surface area contributed by atoms with Crippen molar-refractivity contribution in [3.05, 3.63) is 34.4 Å². The monoisotopic (exact) mass is 427 g/mol. The molecule has 1 aliphatic rings. The lowest BCUT2D eigenvalue weighted by Gasteiger charge is -2.46. The van der Waals surface area contributed by atoms with Gasteiger partial charge in [-0.05, 0) is 38.3 Å². The number of ether oxygens (including phenoxy) is 1. The van der Waals surface area contributed by atoms with Gasteiger partial charge in [0.1, 0.15) is 5.60 Å². The van der Waals surface area contributed by atoms with E-state index in [-0.39, 0.29) is 30.2 Å². The molecule has 0 saturated carbocycles. The van der Waals surface area contributed by atoms with Gasteiger partial charge in [0, 0.05) is 37.8 Å². The average Bonchev–Trinajstić information content (AvgIpc) is 2.59. The van der Waals surface area contributed by atoms with Crippen LogP contribution in [-0.2, 0) is 14.8 Å². The van der Waals surface area contributed by atoms with Crippen LogP contribution in [0.3, 0.4) is 0 Å². The molecule has 29 heavy (non-hydrogen) atoms. The maximum Gasteiger partial charge on any atom is 0.410 e. The number of carbonyl (C=O) groups is 1. The molecule has 1 aliphatic heterocycles. The summed E-state index contributed by atoms with van der Waals surface area (Å²) in [5.74, 6) is 0. The maximum atomic E-state index is 13.3. The van der Waals surface area contributed by atoms with Gasteiger partial charge in [0.25, 0.3) is 5.69 Å². The second-order valence-corrected chi connectivity index (χ2v) is 11.1. The predicted molar refractivity (Wildman–Crippen MR) is 108 cm³/mol. The van der Waals surface area contributed by atoms with Gasteiger partial charge in [-0.1, -0.05) is 20.8 Å². The van der Waals surface area contributed by atoms with E-state index in [2.05, 4.69) is 0 Å². The number of nitro benzene ring substituents is 1. The Balaban J connectivity index is 2.32. The Hall–Kier alpha value is -2.20. The number of piperazine rings is 1. The highest BCUT2D eigenvalue weighted by atomic mass is 32.2. The molecule has 0 spiro atoms. The van der Waals surface area contributed by atoms with Gasteiger partial charge in [-0.15, -0.1) is 0 Å². The fourth-order valence-corrected chi connectivity index (χ4v) is 4.92. The highest BCUT2D eigenvalue weighted by molar-refractivity contribution is 7.89. The zero-order valence-electron chi connectivity index (χ0n) is 17.7. The summed E-state index contributed by atoms with van der Waals surface area (Å²) >= 11 is 0. The summed E-state index contributed by atoms with van der Waals surface area (Å²) in [5.41, 5.74) is -1.27. The molecule has 1 aromatic carbocycles. The Morgan fingerprint density at radius 2 is 1.66 bits per heavy atom. The largest absolute Gasteiger partial charge is 0.444 e. The predicted octanol–water partition coefficient (Wildman–Crippen LogP) is 3.25. The van der Waals surface area contributed by atoms with Gasteiger partial charge < -0.3 is 9.64 Å². The van der Waals surface area contributed by atoms with E-state index in [0.29, 0.717) is 0 Å². The molecule has 0 N–H and O–H groups in total. The van der Waals surface area contributed by atoms with E-state index in [1.807, 2.05) is 20.8 Å². The summed E-state index contributed by atoms with van der Waals surface area (Å²) in [6, 6.07) is 4.36. The zero-order chi connectivity index (χ0) is 22.2. The Bertz CT molecular complexity index is 869. The van der Waals surface area contributed by atoms with E-state index >= 15 is 0 Å². The van der Waals surface area contributed by atoms with Crippen molar-refractivity contribution >= 4 is 21.8 Å². The molecule has 0 bridgehead atoms. The third-order valence-corrected chi connectivity index (χ3v) is 6.56. The standard InChI is InChI=1S/C19H29N3O6S/c1-18(2,3)16-13-20(17(23)28-19(4,5)6)11-12-21(16)29(26,27)15-9-7-14(8-10-15)22(24)25/h7-10,16H,11-13H2,1-6H3/t16-/m1/s1. The van der Waals surface area contributed by atoms with Crippen molar-refractivity contribution in [2.75, 3.05) is 19.6 Å². The zero-order valence-corrected chi connectivity index (χ0v) is 18.5. The maximum absolute atomic E-state index is 13.3. The number of hydrogen-bond acceptors (Lipinski definition) is 6. The molecule has 0 aliphatic carbocycles. The Kier molecular flexibility index (Phi) is 6.29. The number of nitrogens with zero attached hydrogens (tertiary/aromatic N) is 3. The normalized spacial score (nSPS) is 19.1. The lowest BCUT2D eigenvalue weighted by atomic mass is 9.85. The first-order valence-corrected chi connectivity index (χ1v) is 10.8. The molecule has 0 radical (unpaired) electrons. The smallest absolute Gasteiger partial charge is 0.410 e. The van der Waals surface area contributed by atoms with Crippen molar-refractivity contribution in [3.8, 4) is 0 Å². The molecule has 0 unspecified atom stereocenters. The van der Waals surface area contributed by atoms with Crippen molar-refractivity contribution in [1.29, 1.82) is 0 Å². The van der Waals surface area contributed by atoms with Crippen molar-refractivity contribution < 1.29 is 22.9 Å². The molecule has 9 nitrogen and oxygen atoms in total. The fraction of sp³-hybridized carbons (Fsp3) is 0.632. The third kappa shape index (κ3) is 5.45. The SMILES string of the molecule is CC(C)(C)OC(=O)N1CCN(S(=O)(=O)c2ccc([N+](=O)[O-])cc2)[C@@H](C(C)(C)C)C1. The quantitative estimate of drug-likeness (QED) is 0.541. The number of amides is 1. The van der Waals surface area contributed by atoms with Crippen molar-refractivity contribution in [3.63, 3.8) is 0 Å². The molecule has 1 fully saturated rings. The fourth-order valence-electron chi connectivity index (χ4n) is 3.13. The van der Waals surface area contributed by atoms with Gasteiger partial charge >= 0.3 is 6.09 Å². The van der Waals surface area contributed by atoms with Gasteiger partial charge in [-0.2, -0.15) is 4.31 Å². The molecule has 1 amide bonds. The van der Waals surface area contributed by atoms with Crippen LogP contribution in [-0.4, -0.2) is 59.9 Å². The summed E-state index contributed by atoms with van der Waals surface area (Å²) in [7, 11) is -3.89. The number of rotatable bonds is 3. The Morgan fingerprint density at radius 3 is 2.10 bits per heavy atom. The van der Waals surface area contributed by atoms with Crippen LogP contribution in [0.25, 0.3) is 0 Å². The van der Waals surface area contributed by atoms with E-state index in [0.717, 1.165) is 0 Å². The topological polar surface area (TPSA) is 110 Å². The van der Waals surface area contributed by atoms with Gasteiger partial charge in [-0.25, -0.2) is 13.2 Å². The van der Waals surface area contributed by atoms with Crippen LogP contribution in [0.15, 0.2) is 29.2 Å². The average molecular weight is 428 g/mol. The van der Waals surface area contributed by atoms with Gasteiger partial charge in [0.05, 0.1) is 9.82 Å². The molecular formula is C19H29N3O6S. The molecule has 2 rings (SSSR count). The number of carbonyl (C=O) groups excluding carboxylic acids is 1. The molecule has 1 aromatic rings. The van der Waals surface area contributed by atoms with Gasteiger partial charge in [0.2, 0.25) is 10.0 Å². The molecular weight excluding hydrogens is 398 g/mol. The lowest BCUT2D eigenvalue weighted by molar-refractivity contribution is -0.384. The third-order valence-electron chi connectivity index (χ3n) is 4.64. The second-order valence-electron chi connectivity index (χ2n) is 9.17. The highest BCUT2D eigenvalue weighted by Crippen LogP contribution is 2.33. The molecule has 1 atom stereocenters. The van der Waals surface area contributed by atoms with Crippen LogP contribution in [0.4, 0.5) is 10.5 Å². The number of hydrogen-bond donors (Lipinski definition) is 0. The van der Waals surface area contributed by atoms with E-state index in [1.54, 1.807) is 20.8 Å². The van der Waals surface area contributed by atoms with Crippen LogP contribution >= 0.6 is 0 Å². The minimum absolute atomic E-state index is 0.0110. The van der Waals surface area contributed by atoms with Crippen molar-refractivity contribution in [1.82, 2.24) is 9.21 Å². The summed E-state index contributed by atoms with van der Waals surface area (Å²) in [6.07, 6.45) is -0.473. The number of sulfonamides is 1. The van der Waals surface area contributed by atoms with Gasteiger partial charge in [-0.3, -0.25) is 10.1 Å². The van der Waals surface area contributed by atoms with Crippen LogP contribution in [0.1, 0.15) is 41.5 Å². The number of benzene rings is 1. The first-order valence-electron chi connectivity index (χ1n) is 9.37. The van der Waals surface area contributed by atoms with Gasteiger partial charge in [0.15, 0.2) is 0 Å². The minimum atomic E-state index is -3.89. The molecule has 10 heteroatoms. The van der Waals surface area contributed by atoms with Crippen LogP contribution in [0, 0.1) is 15.5 Å². The lowest BCUT2D eigenvalue weighted by Crippen LogP contribution is -2.60. The second kappa shape index (κ2) is 7.91. The summed E-state index contributed by atoms with van der Waals surface area (Å²) < 4.78 is 33.3. The number of non-ortho nitro benzene ring substituents is 1. The Morgan fingerprint density at radius 1 is 1.10 bits per heavy atom. The van der Waals surface area contributed by atoms with E-state index in [9.17, 15) is 23.3 Å².